The zero-order valence-electron chi connectivity index (χ0n) is 12.4. The van der Waals surface area contributed by atoms with Crippen LogP contribution >= 0.6 is 35.6 Å². The second-order valence-electron chi connectivity index (χ2n) is 5.38. The fraction of sp³-hybridized carbons (Fsp3) is 0.235. The first-order valence-corrected chi connectivity index (χ1v) is 7.58. The SMILES string of the molecule is CN(C)C1=NC(c2ccc(Cl)cc2Cl)c2ccccc2C1.Cl. The van der Waals surface area contributed by atoms with Crippen molar-refractivity contribution in [3.8, 4) is 0 Å². The first-order valence-electron chi connectivity index (χ1n) is 6.83. The third-order valence-electron chi connectivity index (χ3n) is 3.75. The van der Waals surface area contributed by atoms with Crippen molar-refractivity contribution < 1.29 is 0 Å². The van der Waals surface area contributed by atoms with Crippen LogP contribution in [0, 0.1) is 0 Å². The molecule has 22 heavy (non-hydrogen) atoms. The molecule has 2 nitrogen and oxygen atoms in total. The lowest BCUT2D eigenvalue weighted by atomic mass is 9.90. The Morgan fingerprint density at radius 1 is 1.05 bits per heavy atom. The third kappa shape index (κ3) is 3.24. The van der Waals surface area contributed by atoms with Gasteiger partial charge in [-0.25, -0.2) is 0 Å². The van der Waals surface area contributed by atoms with Crippen molar-refractivity contribution in [2.45, 2.75) is 12.5 Å². The molecule has 0 spiro atoms. The molecule has 0 saturated carbocycles. The molecule has 116 valence electrons. The van der Waals surface area contributed by atoms with Crippen LogP contribution in [0.4, 0.5) is 0 Å². The molecule has 0 N–H and O–H groups in total. The van der Waals surface area contributed by atoms with Gasteiger partial charge in [-0.2, -0.15) is 0 Å². The summed E-state index contributed by atoms with van der Waals surface area (Å²) in [5.74, 6) is 1.06. The summed E-state index contributed by atoms with van der Waals surface area (Å²) in [6.45, 7) is 0. The van der Waals surface area contributed by atoms with Crippen LogP contribution in [0.1, 0.15) is 22.7 Å². The fourth-order valence-electron chi connectivity index (χ4n) is 2.63. The molecule has 3 rings (SSSR count). The predicted molar refractivity (Wildman–Crippen MR) is 96.8 cm³/mol. The minimum Gasteiger partial charge on any atom is -0.366 e. The van der Waals surface area contributed by atoms with Crippen molar-refractivity contribution >= 4 is 41.4 Å². The van der Waals surface area contributed by atoms with Crippen molar-refractivity contribution in [3.05, 3.63) is 69.2 Å². The van der Waals surface area contributed by atoms with E-state index in [1.165, 1.54) is 11.1 Å². The fourth-order valence-corrected chi connectivity index (χ4v) is 3.14. The Kier molecular flexibility index (Phi) is 5.38. The van der Waals surface area contributed by atoms with Crippen LogP contribution in [0.3, 0.4) is 0 Å². The van der Waals surface area contributed by atoms with Crippen LogP contribution in [0.5, 0.6) is 0 Å². The van der Waals surface area contributed by atoms with E-state index < -0.39 is 0 Å². The van der Waals surface area contributed by atoms with Crippen LogP contribution in [0.15, 0.2) is 47.5 Å². The Morgan fingerprint density at radius 3 is 2.45 bits per heavy atom. The summed E-state index contributed by atoms with van der Waals surface area (Å²) in [6.07, 6.45) is 0.852. The second-order valence-corrected chi connectivity index (χ2v) is 6.23. The average Bonchev–Trinajstić information content (AvgIpc) is 2.46. The van der Waals surface area contributed by atoms with E-state index in [0.29, 0.717) is 10.0 Å². The van der Waals surface area contributed by atoms with Crippen LogP contribution in [0.2, 0.25) is 10.0 Å². The summed E-state index contributed by atoms with van der Waals surface area (Å²) in [5, 5.41) is 1.30. The van der Waals surface area contributed by atoms with Gasteiger partial charge in [0.2, 0.25) is 0 Å². The molecule has 1 heterocycles. The predicted octanol–water partition coefficient (Wildman–Crippen LogP) is 5.02. The van der Waals surface area contributed by atoms with Gasteiger partial charge in [0.25, 0.3) is 0 Å². The lowest BCUT2D eigenvalue weighted by molar-refractivity contribution is 0.592. The van der Waals surface area contributed by atoms with Crippen molar-refractivity contribution in [1.82, 2.24) is 4.90 Å². The third-order valence-corrected chi connectivity index (χ3v) is 4.31. The number of likely N-dealkylation sites (N-methyl/N-ethyl adjacent to an activating group) is 1. The van der Waals surface area contributed by atoms with Gasteiger partial charge in [0.05, 0.1) is 0 Å². The molecule has 1 atom stereocenters. The number of rotatable bonds is 1. The molecule has 0 fully saturated rings. The molecule has 1 aliphatic heterocycles. The average molecular weight is 356 g/mol. The van der Waals surface area contributed by atoms with E-state index in [1.54, 1.807) is 6.07 Å². The molecule has 0 saturated heterocycles. The summed E-state index contributed by atoms with van der Waals surface area (Å²) in [4.78, 5) is 6.96. The number of hydrogen-bond donors (Lipinski definition) is 0. The summed E-state index contributed by atoms with van der Waals surface area (Å²) < 4.78 is 0. The highest BCUT2D eigenvalue weighted by Crippen LogP contribution is 2.37. The molecular formula is C17H17Cl3N2. The first-order chi connectivity index (χ1) is 10.1. The lowest BCUT2D eigenvalue weighted by Crippen LogP contribution is -2.28. The van der Waals surface area contributed by atoms with E-state index in [9.17, 15) is 0 Å². The first kappa shape index (κ1) is 17.1. The molecule has 1 unspecified atom stereocenters. The van der Waals surface area contributed by atoms with Gasteiger partial charge in [0.1, 0.15) is 11.9 Å². The van der Waals surface area contributed by atoms with E-state index in [0.717, 1.165) is 17.8 Å². The highest BCUT2D eigenvalue weighted by atomic mass is 35.5. The number of halogens is 3. The molecule has 2 aromatic rings. The van der Waals surface area contributed by atoms with Crippen LogP contribution < -0.4 is 0 Å². The topological polar surface area (TPSA) is 15.6 Å². The van der Waals surface area contributed by atoms with Crippen LogP contribution in [-0.2, 0) is 6.42 Å². The maximum absolute atomic E-state index is 6.39. The Hall–Kier alpha value is -1.22. The molecule has 0 amide bonds. The zero-order valence-corrected chi connectivity index (χ0v) is 14.7. The van der Waals surface area contributed by atoms with Gasteiger partial charge >= 0.3 is 0 Å². The van der Waals surface area contributed by atoms with Crippen molar-refractivity contribution in [2.75, 3.05) is 14.1 Å². The maximum Gasteiger partial charge on any atom is 0.104 e. The van der Waals surface area contributed by atoms with E-state index in [4.69, 9.17) is 28.2 Å². The highest BCUT2D eigenvalue weighted by Gasteiger charge is 2.25. The van der Waals surface area contributed by atoms with Crippen LogP contribution in [-0.4, -0.2) is 24.8 Å². The number of aliphatic imine (C=N–C) groups is 1. The van der Waals surface area contributed by atoms with Gasteiger partial charge in [0, 0.05) is 30.6 Å². The molecule has 0 aromatic heterocycles. The quantitative estimate of drug-likeness (QED) is 0.701. The minimum absolute atomic E-state index is 0. The number of fused-ring (bicyclic) bond motifs is 1. The standard InChI is InChI=1S/C17H16Cl2N2.ClH/c1-21(2)16-9-11-5-3-4-6-13(11)17(20-16)14-8-7-12(18)10-15(14)19;/h3-8,10,17H,9H2,1-2H3;1H. The van der Waals surface area contributed by atoms with Gasteiger partial charge in [0.15, 0.2) is 0 Å². The van der Waals surface area contributed by atoms with Crippen LogP contribution in [0.25, 0.3) is 0 Å². The van der Waals surface area contributed by atoms with Gasteiger partial charge in [-0.05, 0) is 28.8 Å². The number of amidine groups is 1. The second kappa shape index (κ2) is 6.91. The highest BCUT2D eigenvalue weighted by molar-refractivity contribution is 6.35. The summed E-state index contributed by atoms with van der Waals surface area (Å²) in [7, 11) is 4.04. The Morgan fingerprint density at radius 2 is 1.77 bits per heavy atom. The summed E-state index contributed by atoms with van der Waals surface area (Å²) >= 11 is 12.4. The van der Waals surface area contributed by atoms with E-state index in [2.05, 4.69) is 23.1 Å². The number of benzene rings is 2. The Bertz CT molecular complexity index is 711. The molecule has 0 radical (unpaired) electrons. The van der Waals surface area contributed by atoms with Crippen molar-refractivity contribution in [1.29, 1.82) is 0 Å². The maximum atomic E-state index is 6.39. The monoisotopic (exact) mass is 354 g/mol. The molecule has 2 aromatic carbocycles. The van der Waals surface area contributed by atoms with Gasteiger partial charge < -0.3 is 4.90 Å². The van der Waals surface area contributed by atoms with E-state index >= 15 is 0 Å². The lowest BCUT2D eigenvalue weighted by Gasteiger charge is -2.28. The molecule has 5 heteroatoms. The van der Waals surface area contributed by atoms with Gasteiger partial charge in [-0.3, -0.25) is 4.99 Å². The van der Waals surface area contributed by atoms with E-state index in [1.807, 2.05) is 32.3 Å². The normalized spacial score (nSPS) is 16.4. The summed E-state index contributed by atoms with van der Waals surface area (Å²) in [6, 6.07) is 13.9. The summed E-state index contributed by atoms with van der Waals surface area (Å²) in [5.41, 5.74) is 3.51. The van der Waals surface area contributed by atoms with E-state index in [-0.39, 0.29) is 18.4 Å². The number of hydrogen-bond acceptors (Lipinski definition) is 2. The largest absolute Gasteiger partial charge is 0.366 e. The molecule has 1 aliphatic rings. The van der Waals surface area contributed by atoms with Crippen molar-refractivity contribution in [3.63, 3.8) is 0 Å². The Balaban J connectivity index is 0.00000176. The number of nitrogens with zero attached hydrogens (tertiary/aromatic N) is 2. The Labute approximate surface area is 147 Å². The minimum atomic E-state index is -0.0721. The van der Waals surface area contributed by atoms with Gasteiger partial charge in [-0.15, -0.1) is 12.4 Å². The smallest absolute Gasteiger partial charge is 0.104 e. The molecular weight excluding hydrogens is 339 g/mol. The molecule has 0 bridgehead atoms. The van der Waals surface area contributed by atoms with Crippen molar-refractivity contribution in [2.24, 2.45) is 4.99 Å². The van der Waals surface area contributed by atoms with Gasteiger partial charge in [-0.1, -0.05) is 53.5 Å². The molecule has 0 aliphatic carbocycles. The zero-order chi connectivity index (χ0) is 15.0.